The zero-order valence-corrected chi connectivity index (χ0v) is 23.0. The number of aryl methyl sites for hydroxylation is 1. The maximum atomic E-state index is 12.3. The highest BCUT2D eigenvalue weighted by Gasteiger charge is 2.48. The predicted molar refractivity (Wildman–Crippen MR) is 149 cm³/mol. The van der Waals surface area contributed by atoms with E-state index in [0.717, 1.165) is 47.6 Å². The molecule has 0 amide bonds. The molecule has 0 bridgehead atoms. The summed E-state index contributed by atoms with van der Waals surface area (Å²) in [6.07, 6.45) is 0.175. The van der Waals surface area contributed by atoms with Gasteiger partial charge in [0.1, 0.15) is 10.6 Å². The van der Waals surface area contributed by atoms with Gasteiger partial charge >= 0.3 is 0 Å². The monoisotopic (exact) mass is 540 g/mol. The number of nitrogens with one attached hydrogen (secondary N) is 2. The third-order valence-corrected chi connectivity index (χ3v) is 9.89. The van der Waals surface area contributed by atoms with Gasteiger partial charge in [-0.05, 0) is 56.1 Å². The van der Waals surface area contributed by atoms with Gasteiger partial charge in [-0.15, -0.1) is 11.3 Å². The highest BCUT2D eigenvalue weighted by molar-refractivity contribution is 7.89. The van der Waals surface area contributed by atoms with Crippen molar-refractivity contribution in [2.45, 2.75) is 25.8 Å². The first-order valence-electron chi connectivity index (χ1n) is 12.4. The molecule has 0 aliphatic carbocycles. The summed E-state index contributed by atoms with van der Waals surface area (Å²) in [5.74, 6) is 1.11. The number of nitriles is 1. The fraction of sp³-hybridized carbons (Fsp3) is 0.480. The Labute approximate surface area is 222 Å². The molecule has 2 aliphatic rings. The number of thiophene rings is 1. The summed E-state index contributed by atoms with van der Waals surface area (Å²) in [5.41, 5.74) is 2.43. The Morgan fingerprint density at radius 3 is 2.49 bits per heavy atom. The molecule has 2 fully saturated rings. The van der Waals surface area contributed by atoms with Crippen molar-refractivity contribution in [1.29, 1.82) is 5.26 Å². The van der Waals surface area contributed by atoms with Gasteiger partial charge in [-0.3, -0.25) is 0 Å². The lowest BCUT2D eigenvalue weighted by atomic mass is 9.89. The van der Waals surface area contributed by atoms with Crippen molar-refractivity contribution in [2.24, 2.45) is 0 Å². The van der Waals surface area contributed by atoms with Crippen LogP contribution >= 0.6 is 11.3 Å². The van der Waals surface area contributed by atoms with Crippen molar-refractivity contribution in [3.05, 3.63) is 35.2 Å². The second-order valence-corrected chi connectivity index (χ2v) is 13.0. The number of piperazine rings is 1. The molecule has 0 radical (unpaired) electrons. The van der Waals surface area contributed by atoms with Crippen LogP contribution in [-0.2, 0) is 10.0 Å². The van der Waals surface area contributed by atoms with Crippen molar-refractivity contribution in [3.8, 4) is 6.07 Å². The van der Waals surface area contributed by atoms with Crippen LogP contribution in [0.5, 0.6) is 0 Å². The first-order valence-corrected chi connectivity index (χ1v) is 14.9. The van der Waals surface area contributed by atoms with Gasteiger partial charge in [-0.25, -0.2) is 13.4 Å². The number of nitrogens with zero attached hydrogens (tertiary/aromatic N) is 6. The molecule has 0 unspecified atom stereocenters. The summed E-state index contributed by atoms with van der Waals surface area (Å²) in [6, 6.07) is 10.5. The molecule has 4 heterocycles. The largest absolute Gasteiger partial charge is 0.369 e. The summed E-state index contributed by atoms with van der Waals surface area (Å²) in [5, 5.41) is 19.2. The molecule has 0 atom stereocenters. The molecular formula is C25H32N8O2S2. The number of aromatic nitrogens is 2. The van der Waals surface area contributed by atoms with Gasteiger partial charge in [-0.1, -0.05) is 0 Å². The van der Waals surface area contributed by atoms with Gasteiger partial charge in [0, 0.05) is 50.6 Å². The van der Waals surface area contributed by atoms with E-state index in [2.05, 4.69) is 45.7 Å². The van der Waals surface area contributed by atoms with E-state index >= 15 is 0 Å². The van der Waals surface area contributed by atoms with Crippen LogP contribution in [0.3, 0.4) is 0 Å². The minimum atomic E-state index is -3.31. The van der Waals surface area contributed by atoms with Gasteiger partial charge in [0.15, 0.2) is 0 Å². The van der Waals surface area contributed by atoms with Crippen molar-refractivity contribution in [3.63, 3.8) is 0 Å². The summed E-state index contributed by atoms with van der Waals surface area (Å²) in [7, 11) is -1.16. The molecule has 10 nitrogen and oxygen atoms in total. The van der Waals surface area contributed by atoms with E-state index in [9.17, 15) is 13.7 Å². The first kappa shape index (κ1) is 25.7. The number of likely N-dealkylation sites (N-methyl/N-ethyl adjacent to an activating group) is 1. The standard InChI is InChI=1S/C25H32N8O2S2/c1-4-37(34,35)33-16-25(17-33,9-10-26)30-22-21-18(2)15-36-23(21)29-24(28-22)27-19-5-7-20(8-6-19)32-13-11-31(3)12-14-32/h5-8,15H,4,9,11-14,16-17H2,1-3H3,(H2,27,28,29,30). The second kappa shape index (κ2) is 10.1. The average molecular weight is 541 g/mol. The Bertz CT molecular complexity index is 1420. The van der Waals surface area contributed by atoms with E-state index in [-0.39, 0.29) is 25.3 Å². The quantitative estimate of drug-likeness (QED) is 0.444. The van der Waals surface area contributed by atoms with Crippen molar-refractivity contribution >= 4 is 54.7 Å². The van der Waals surface area contributed by atoms with Crippen LogP contribution in [0.4, 0.5) is 23.1 Å². The van der Waals surface area contributed by atoms with Crippen LogP contribution in [0.25, 0.3) is 10.2 Å². The fourth-order valence-corrected chi connectivity index (χ4v) is 7.00. The summed E-state index contributed by atoms with van der Waals surface area (Å²) in [6.45, 7) is 8.24. The van der Waals surface area contributed by atoms with Gasteiger partial charge in [-0.2, -0.15) is 14.6 Å². The lowest BCUT2D eigenvalue weighted by Gasteiger charge is -2.48. The molecule has 2 saturated heterocycles. The van der Waals surface area contributed by atoms with Crippen LogP contribution in [0, 0.1) is 18.3 Å². The topological polar surface area (TPSA) is 117 Å². The average Bonchev–Trinajstić information content (AvgIpc) is 3.24. The van der Waals surface area contributed by atoms with Crippen molar-refractivity contribution < 1.29 is 8.42 Å². The van der Waals surface area contributed by atoms with E-state index < -0.39 is 15.6 Å². The molecule has 2 aromatic heterocycles. The number of hydrogen-bond acceptors (Lipinski definition) is 10. The number of benzene rings is 1. The summed E-state index contributed by atoms with van der Waals surface area (Å²) < 4.78 is 26.1. The summed E-state index contributed by atoms with van der Waals surface area (Å²) in [4.78, 5) is 15.1. The molecule has 196 valence electrons. The summed E-state index contributed by atoms with van der Waals surface area (Å²) >= 11 is 1.53. The molecule has 37 heavy (non-hydrogen) atoms. The molecule has 3 aromatic rings. The van der Waals surface area contributed by atoms with E-state index in [0.29, 0.717) is 11.8 Å². The molecule has 2 aliphatic heterocycles. The third-order valence-electron chi connectivity index (χ3n) is 7.13. The van der Waals surface area contributed by atoms with E-state index in [4.69, 9.17) is 9.97 Å². The molecule has 5 rings (SSSR count). The zero-order valence-electron chi connectivity index (χ0n) is 21.4. The van der Waals surface area contributed by atoms with Crippen LogP contribution < -0.4 is 15.5 Å². The normalized spacial score (nSPS) is 18.4. The molecule has 1 aromatic carbocycles. The van der Waals surface area contributed by atoms with Gasteiger partial charge in [0.2, 0.25) is 16.0 Å². The third kappa shape index (κ3) is 5.22. The highest BCUT2D eigenvalue weighted by atomic mass is 32.2. The minimum absolute atomic E-state index is 0.0404. The molecular weight excluding hydrogens is 508 g/mol. The molecule has 0 spiro atoms. The number of rotatable bonds is 8. The SMILES string of the molecule is CCS(=O)(=O)N1CC(CC#N)(Nc2nc(Nc3ccc(N4CCN(C)CC4)cc3)nc3scc(C)c23)C1. The van der Waals surface area contributed by atoms with E-state index in [1.165, 1.54) is 21.3 Å². The highest BCUT2D eigenvalue weighted by Crippen LogP contribution is 2.36. The minimum Gasteiger partial charge on any atom is -0.369 e. The molecule has 2 N–H and O–H groups in total. The maximum Gasteiger partial charge on any atom is 0.230 e. The van der Waals surface area contributed by atoms with Crippen LogP contribution in [0.2, 0.25) is 0 Å². The zero-order chi connectivity index (χ0) is 26.2. The molecule has 0 saturated carbocycles. The van der Waals surface area contributed by atoms with E-state index in [1.54, 1.807) is 6.92 Å². The lowest BCUT2D eigenvalue weighted by Crippen LogP contribution is -2.67. The number of fused-ring (bicyclic) bond motifs is 1. The van der Waals surface area contributed by atoms with Gasteiger partial charge in [0.25, 0.3) is 0 Å². The number of anilines is 4. The number of sulfonamides is 1. The Hall–Kier alpha value is -2.98. The van der Waals surface area contributed by atoms with Crippen LogP contribution in [0.15, 0.2) is 29.6 Å². The Balaban J connectivity index is 1.38. The Kier molecular flexibility index (Phi) is 6.97. The number of hydrogen-bond donors (Lipinski definition) is 2. The fourth-order valence-electron chi connectivity index (χ4n) is 4.83. The Morgan fingerprint density at radius 2 is 1.84 bits per heavy atom. The van der Waals surface area contributed by atoms with Crippen molar-refractivity contribution in [2.75, 3.05) is 67.6 Å². The van der Waals surface area contributed by atoms with Gasteiger partial charge in [0.05, 0.1) is 29.2 Å². The maximum absolute atomic E-state index is 12.3. The first-order chi connectivity index (χ1) is 17.7. The lowest BCUT2D eigenvalue weighted by molar-refractivity contribution is 0.182. The van der Waals surface area contributed by atoms with E-state index in [1.807, 2.05) is 24.4 Å². The predicted octanol–water partition coefficient (Wildman–Crippen LogP) is 3.22. The second-order valence-electron chi connectivity index (χ2n) is 9.87. The van der Waals surface area contributed by atoms with Gasteiger partial charge < -0.3 is 20.4 Å². The molecule has 12 heteroatoms. The Morgan fingerprint density at radius 1 is 1.14 bits per heavy atom. The van der Waals surface area contributed by atoms with Crippen LogP contribution in [0.1, 0.15) is 18.9 Å². The van der Waals surface area contributed by atoms with Crippen LogP contribution in [-0.4, -0.2) is 85.2 Å². The van der Waals surface area contributed by atoms with Crippen molar-refractivity contribution in [1.82, 2.24) is 19.2 Å². The smallest absolute Gasteiger partial charge is 0.230 e.